The number of hydrogen-bond acceptors (Lipinski definition) is 8. The molecular weight excluding hydrogens is 566 g/mol. The largest absolute Gasteiger partial charge is 0.481 e. The third-order valence-corrected chi connectivity index (χ3v) is 6.34. The minimum absolute atomic E-state index is 0.0450. The molecule has 4 atom stereocenters. The van der Waals surface area contributed by atoms with Gasteiger partial charge in [-0.3, -0.25) is 29.0 Å². The van der Waals surface area contributed by atoms with Crippen molar-refractivity contribution in [2.75, 3.05) is 6.54 Å². The fourth-order valence-corrected chi connectivity index (χ4v) is 4.15. The van der Waals surface area contributed by atoms with Crippen LogP contribution in [0.2, 0.25) is 0 Å². The summed E-state index contributed by atoms with van der Waals surface area (Å²) in [5.41, 5.74) is 22.9. The van der Waals surface area contributed by atoms with E-state index in [9.17, 15) is 33.9 Å². The Balaban J connectivity index is 2.22. The molecule has 43 heavy (non-hydrogen) atoms. The van der Waals surface area contributed by atoms with E-state index in [0.29, 0.717) is 5.56 Å². The van der Waals surface area contributed by atoms with Gasteiger partial charge in [0.25, 0.3) is 0 Å². The van der Waals surface area contributed by atoms with Gasteiger partial charge in [0.05, 0.1) is 12.5 Å². The van der Waals surface area contributed by atoms with Crippen molar-refractivity contribution < 1.29 is 39.0 Å². The molecule has 17 heteroatoms. The van der Waals surface area contributed by atoms with E-state index in [1.807, 2.05) is 12.1 Å². The lowest BCUT2D eigenvalue weighted by molar-refractivity contribution is -0.142. The maximum Gasteiger partial charge on any atom is 0.326 e. The summed E-state index contributed by atoms with van der Waals surface area (Å²) in [6.45, 7) is 0.0862. The minimum atomic E-state index is -1.47. The Morgan fingerprint density at radius 1 is 0.860 bits per heavy atom. The van der Waals surface area contributed by atoms with Gasteiger partial charge < -0.3 is 54.1 Å². The molecule has 1 aromatic heterocycles. The van der Waals surface area contributed by atoms with Crippen LogP contribution < -0.4 is 38.9 Å². The fraction of sp³-hybridized carbons (Fsp3) is 0.423. The van der Waals surface area contributed by atoms with Crippen molar-refractivity contribution in [3.8, 4) is 0 Å². The molecule has 0 bridgehead atoms. The normalized spacial score (nSPS) is 13.6. The van der Waals surface area contributed by atoms with Crippen LogP contribution in [0.4, 0.5) is 0 Å². The van der Waals surface area contributed by atoms with Crippen LogP contribution in [0.25, 0.3) is 10.9 Å². The van der Waals surface area contributed by atoms with Gasteiger partial charge in [0.1, 0.15) is 18.1 Å². The average Bonchev–Trinajstić information content (AvgIpc) is 3.33. The van der Waals surface area contributed by atoms with Crippen molar-refractivity contribution in [1.82, 2.24) is 20.9 Å². The topological polar surface area (TPSA) is 311 Å². The number of carbonyl (C=O) groups excluding carboxylic acids is 4. The minimum Gasteiger partial charge on any atom is -0.481 e. The summed E-state index contributed by atoms with van der Waals surface area (Å²) in [5, 5.41) is 26.7. The summed E-state index contributed by atoms with van der Waals surface area (Å²) in [6.07, 6.45) is 0.370. The van der Waals surface area contributed by atoms with E-state index in [-0.39, 0.29) is 44.6 Å². The SMILES string of the molecule is NC(=O)CCC(NC(=O)C(CCCN=C(N)N)NC(=O)C(N)CC(=O)O)C(=O)NC(Cc1c[nH]c2ccccc12)C(=O)O. The number of rotatable bonds is 18. The van der Waals surface area contributed by atoms with E-state index in [1.54, 1.807) is 18.3 Å². The number of aliphatic carboxylic acids is 2. The summed E-state index contributed by atoms with van der Waals surface area (Å²) < 4.78 is 0. The second-order valence-corrected chi connectivity index (χ2v) is 9.74. The number of carbonyl (C=O) groups is 6. The van der Waals surface area contributed by atoms with Crippen LogP contribution in [0.1, 0.15) is 37.7 Å². The number of fused-ring (bicyclic) bond motifs is 1. The number of benzene rings is 1. The Morgan fingerprint density at radius 3 is 2.07 bits per heavy atom. The smallest absolute Gasteiger partial charge is 0.326 e. The summed E-state index contributed by atoms with van der Waals surface area (Å²) in [4.78, 5) is 80.3. The van der Waals surface area contributed by atoms with E-state index in [2.05, 4.69) is 25.9 Å². The number of carboxylic acid groups (broad SMARTS) is 2. The Morgan fingerprint density at radius 2 is 1.47 bits per heavy atom. The van der Waals surface area contributed by atoms with Gasteiger partial charge in [-0.05, 0) is 30.9 Å². The maximum absolute atomic E-state index is 13.2. The van der Waals surface area contributed by atoms with E-state index < -0.39 is 66.2 Å². The number of aromatic nitrogens is 1. The molecule has 0 aliphatic heterocycles. The molecular formula is C26H37N9O8. The van der Waals surface area contributed by atoms with Gasteiger partial charge in [-0.2, -0.15) is 0 Å². The molecule has 0 saturated carbocycles. The highest BCUT2D eigenvalue weighted by atomic mass is 16.4. The molecule has 4 amide bonds. The predicted molar refractivity (Wildman–Crippen MR) is 154 cm³/mol. The first-order chi connectivity index (χ1) is 20.3. The van der Waals surface area contributed by atoms with Crippen molar-refractivity contribution in [1.29, 1.82) is 0 Å². The number of carboxylic acids is 2. The summed E-state index contributed by atoms with van der Waals surface area (Å²) in [5.74, 6) is -6.37. The zero-order chi connectivity index (χ0) is 32.1. The van der Waals surface area contributed by atoms with Crippen LogP contribution in [0.5, 0.6) is 0 Å². The lowest BCUT2D eigenvalue weighted by Crippen LogP contribution is -2.57. The lowest BCUT2D eigenvalue weighted by Gasteiger charge is -2.25. The molecule has 0 aliphatic carbocycles. The molecule has 2 rings (SSSR count). The number of H-pyrrole nitrogens is 1. The first-order valence-electron chi connectivity index (χ1n) is 13.3. The monoisotopic (exact) mass is 603 g/mol. The number of amides is 4. The van der Waals surface area contributed by atoms with Crippen molar-refractivity contribution in [3.63, 3.8) is 0 Å². The zero-order valence-corrected chi connectivity index (χ0v) is 23.2. The first-order valence-corrected chi connectivity index (χ1v) is 13.3. The van der Waals surface area contributed by atoms with Gasteiger partial charge in [0.2, 0.25) is 23.6 Å². The highest BCUT2D eigenvalue weighted by Crippen LogP contribution is 2.19. The first kappa shape index (κ1) is 34.0. The third kappa shape index (κ3) is 11.3. The Bertz CT molecular complexity index is 1360. The maximum atomic E-state index is 13.2. The molecule has 4 unspecified atom stereocenters. The molecule has 0 spiro atoms. The van der Waals surface area contributed by atoms with Crippen LogP contribution in [0.15, 0.2) is 35.5 Å². The van der Waals surface area contributed by atoms with Crippen LogP contribution >= 0.6 is 0 Å². The van der Waals surface area contributed by atoms with Gasteiger partial charge in [0, 0.05) is 36.5 Å². The van der Waals surface area contributed by atoms with Gasteiger partial charge >= 0.3 is 11.9 Å². The van der Waals surface area contributed by atoms with Crippen LogP contribution in [-0.2, 0) is 35.2 Å². The molecule has 0 radical (unpaired) electrons. The molecule has 17 nitrogen and oxygen atoms in total. The molecule has 234 valence electrons. The average molecular weight is 604 g/mol. The molecule has 2 aromatic rings. The van der Waals surface area contributed by atoms with Gasteiger partial charge in [-0.1, -0.05) is 18.2 Å². The predicted octanol–water partition coefficient (Wildman–Crippen LogP) is -2.63. The number of aromatic amines is 1. The third-order valence-electron chi connectivity index (χ3n) is 6.34. The second-order valence-electron chi connectivity index (χ2n) is 9.74. The Kier molecular flexibility index (Phi) is 12.9. The van der Waals surface area contributed by atoms with E-state index in [1.165, 1.54) is 0 Å². The number of nitrogens with zero attached hydrogens (tertiary/aromatic N) is 1. The van der Waals surface area contributed by atoms with E-state index >= 15 is 0 Å². The molecule has 1 heterocycles. The summed E-state index contributed by atoms with van der Waals surface area (Å²) in [7, 11) is 0. The number of nitrogens with one attached hydrogen (secondary N) is 4. The molecule has 0 fully saturated rings. The number of primary amides is 1. The number of para-hydroxylation sites is 1. The van der Waals surface area contributed by atoms with Crippen LogP contribution in [0, 0.1) is 0 Å². The lowest BCUT2D eigenvalue weighted by atomic mass is 10.0. The van der Waals surface area contributed by atoms with Crippen LogP contribution in [-0.4, -0.2) is 87.4 Å². The van der Waals surface area contributed by atoms with Crippen LogP contribution in [0.3, 0.4) is 0 Å². The van der Waals surface area contributed by atoms with Crippen molar-refractivity contribution in [3.05, 3.63) is 36.0 Å². The molecule has 1 aromatic carbocycles. The molecule has 0 saturated heterocycles. The number of nitrogens with two attached hydrogens (primary N) is 4. The van der Waals surface area contributed by atoms with Crippen molar-refractivity contribution in [2.45, 2.75) is 62.7 Å². The highest BCUT2D eigenvalue weighted by Gasteiger charge is 2.31. The quantitative estimate of drug-likeness (QED) is 0.0477. The Labute approximate surface area is 245 Å². The van der Waals surface area contributed by atoms with Crippen molar-refractivity contribution >= 4 is 52.4 Å². The fourth-order valence-electron chi connectivity index (χ4n) is 4.15. The standard InChI is InChI=1S/C26H37N9O8/c27-15(11-21(37)38)22(39)33-17(6-3-9-31-26(29)30)23(40)34-18(7-8-20(28)36)24(41)35-19(25(42)43)10-13-12-32-16-5-2-1-4-14(13)16/h1-2,4-5,12,15,17-19,32H,3,6-11,27H2,(H2,28,36)(H,33,39)(H,34,40)(H,35,41)(H,37,38)(H,42,43)(H4,29,30,31). The number of guanidine groups is 1. The van der Waals surface area contributed by atoms with Crippen molar-refractivity contribution in [2.24, 2.45) is 27.9 Å². The van der Waals surface area contributed by atoms with E-state index in [0.717, 1.165) is 10.9 Å². The number of hydrogen-bond donors (Lipinski definition) is 10. The Hall–Kier alpha value is -5.19. The molecule has 0 aliphatic rings. The zero-order valence-electron chi connectivity index (χ0n) is 23.2. The molecule has 14 N–H and O–H groups in total. The van der Waals surface area contributed by atoms with Gasteiger partial charge in [-0.25, -0.2) is 4.79 Å². The summed E-state index contributed by atoms with van der Waals surface area (Å²) in [6, 6.07) is 1.59. The summed E-state index contributed by atoms with van der Waals surface area (Å²) >= 11 is 0. The second kappa shape index (κ2) is 16.3. The number of aliphatic imine (C=N–C) groups is 1. The highest BCUT2D eigenvalue weighted by molar-refractivity contribution is 5.95. The van der Waals surface area contributed by atoms with Gasteiger partial charge in [0.15, 0.2) is 5.96 Å². The van der Waals surface area contributed by atoms with Gasteiger partial charge in [-0.15, -0.1) is 0 Å². The van der Waals surface area contributed by atoms with E-state index in [4.69, 9.17) is 28.0 Å².